The summed E-state index contributed by atoms with van der Waals surface area (Å²) in [6.45, 7) is 1.58. The van der Waals surface area contributed by atoms with Gasteiger partial charge >= 0.3 is 0 Å². The van der Waals surface area contributed by atoms with Gasteiger partial charge in [0.2, 0.25) is 0 Å². The molecule has 26 heavy (non-hydrogen) atoms. The van der Waals surface area contributed by atoms with E-state index in [1.54, 1.807) is 13.1 Å². The summed E-state index contributed by atoms with van der Waals surface area (Å²) in [6, 6.07) is 13.5. The highest BCUT2D eigenvalue weighted by Crippen LogP contribution is 2.30. The standard InChI is InChI=1S/C19H23FN4O2/c1-21-18-7-4-16(12-19(18)26-23-25)22-15-2-5-17(6-3-15)24-10-8-14(13-20)9-11-24/h2-7,12,14,21-22H,8-11,13H2,1H3. The Balaban J connectivity index is 1.66. The molecule has 0 aromatic heterocycles. The first kappa shape index (κ1) is 18.0. The van der Waals surface area contributed by atoms with Crippen molar-refractivity contribution in [2.75, 3.05) is 42.3 Å². The number of rotatable bonds is 7. The van der Waals surface area contributed by atoms with Crippen LogP contribution in [0.4, 0.5) is 27.1 Å². The Morgan fingerprint density at radius 3 is 2.46 bits per heavy atom. The fraction of sp³-hybridized carbons (Fsp3) is 0.368. The van der Waals surface area contributed by atoms with Gasteiger partial charge in [-0.1, -0.05) is 0 Å². The van der Waals surface area contributed by atoms with Crippen LogP contribution < -0.4 is 20.4 Å². The molecule has 0 radical (unpaired) electrons. The average molecular weight is 358 g/mol. The molecule has 0 aliphatic carbocycles. The Morgan fingerprint density at radius 1 is 1.15 bits per heavy atom. The van der Waals surface area contributed by atoms with Gasteiger partial charge < -0.3 is 20.4 Å². The van der Waals surface area contributed by atoms with Gasteiger partial charge in [0.15, 0.2) is 11.1 Å². The maximum Gasteiger partial charge on any atom is 0.186 e. The molecular formula is C19H23FN4O2. The highest BCUT2D eigenvalue weighted by atomic mass is 19.1. The largest absolute Gasteiger partial charge is 0.385 e. The van der Waals surface area contributed by atoms with Gasteiger partial charge in [-0.05, 0) is 55.2 Å². The van der Waals surface area contributed by atoms with Crippen LogP contribution in [0.25, 0.3) is 0 Å². The summed E-state index contributed by atoms with van der Waals surface area (Å²) in [7, 11) is 1.75. The molecule has 7 heteroatoms. The van der Waals surface area contributed by atoms with Crippen LogP contribution in [0, 0.1) is 10.8 Å². The van der Waals surface area contributed by atoms with Gasteiger partial charge in [0.25, 0.3) is 0 Å². The minimum absolute atomic E-state index is 0.213. The lowest BCUT2D eigenvalue weighted by Gasteiger charge is -2.32. The summed E-state index contributed by atoms with van der Waals surface area (Å²) in [4.78, 5) is 17.4. The monoisotopic (exact) mass is 358 g/mol. The Hall–Kier alpha value is -2.83. The first-order valence-corrected chi connectivity index (χ1v) is 8.73. The topological polar surface area (TPSA) is 66.0 Å². The molecule has 0 saturated carbocycles. The van der Waals surface area contributed by atoms with Crippen molar-refractivity contribution in [2.45, 2.75) is 12.8 Å². The zero-order valence-electron chi connectivity index (χ0n) is 14.7. The lowest BCUT2D eigenvalue weighted by atomic mass is 9.98. The zero-order valence-corrected chi connectivity index (χ0v) is 14.7. The molecule has 2 aromatic rings. The fourth-order valence-electron chi connectivity index (χ4n) is 3.19. The number of hydrogen-bond donors (Lipinski definition) is 2. The normalized spacial score (nSPS) is 14.8. The third-order valence-electron chi connectivity index (χ3n) is 4.74. The van der Waals surface area contributed by atoms with Gasteiger partial charge in [-0.3, -0.25) is 4.39 Å². The molecule has 0 unspecified atom stereocenters. The first-order chi connectivity index (χ1) is 12.7. The summed E-state index contributed by atoms with van der Waals surface area (Å²) >= 11 is 0. The van der Waals surface area contributed by atoms with Crippen LogP contribution in [0.5, 0.6) is 5.75 Å². The molecule has 3 rings (SSSR count). The molecule has 2 aromatic carbocycles. The van der Waals surface area contributed by atoms with Crippen molar-refractivity contribution in [1.82, 2.24) is 0 Å². The van der Waals surface area contributed by atoms with Crippen molar-refractivity contribution in [1.29, 1.82) is 0 Å². The third kappa shape index (κ3) is 4.22. The second-order valence-electron chi connectivity index (χ2n) is 6.38. The molecule has 1 aliphatic heterocycles. The van der Waals surface area contributed by atoms with E-state index in [2.05, 4.69) is 33.0 Å². The number of nitrogens with one attached hydrogen (secondary N) is 2. The molecule has 1 saturated heterocycles. The molecule has 6 nitrogen and oxygen atoms in total. The second kappa shape index (κ2) is 8.51. The van der Waals surface area contributed by atoms with Crippen LogP contribution in [-0.4, -0.2) is 26.8 Å². The minimum atomic E-state index is -0.214. The highest BCUT2D eigenvalue weighted by molar-refractivity contribution is 5.69. The second-order valence-corrected chi connectivity index (χ2v) is 6.38. The number of halogens is 1. The van der Waals surface area contributed by atoms with Gasteiger partial charge in [-0.15, -0.1) is 4.91 Å². The maximum atomic E-state index is 12.7. The van der Waals surface area contributed by atoms with E-state index in [4.69, 9.17) is 4.84 Å². The number of piperidine rings is 1. The van der Waals surface area contributed by atoms with E-state index in [-0.39, 0.29) is 12.6 Å². The predicted octanol–water partition coefficient (Wildman–Crippen LogP) is 4.72. The lowest BCUT2D eigenvalue weighted by Crippen LogP contribution is -2.34. The SMILES string of the molecule is CNc1ccc(Nc2ccc(N3CCC(CF)CC3)cc2)cc1ON=O. The van der Waals surface area contributed by atoms with Gasteiger partial charge in [0.05, 0.1) is 12.4 Å². The van der Waals surface area contributed by atoms with Gasteiger partial charge in [0.1, 0.15) is 0 Å². The summed E-state index contributed by atoms with van der Waals surface area (Å²) in [5.74, 6) is 0.574. The van der Waals surface area contributed by atoms with E-state index in [1.807, 2.05) is 24.3 Å². The van der Waals surface area contributed by atoms with Gasteiger partial charge in [-0.25, -0.2) is 0 Å². The van der Waals surface area contributed by atoms with Gasteiger partial charge in [0, 0.05) is 43.3 Å². The van der Waals surface area contributed by atoms with Crippen molar-refractivity contribution in [3.63, 3.8) is 0 Å². The summed E-state index contributed by atoms with van der Waals surface area (Å²) in [5, 5.41) is 8.71. The maximum absolute atomic E-state index is 12.7. The fourth-order valence-corrected chi connectivity index (χ4v) is 3.19. The molecule has 1 aliphatic rings. The minimum Gasteiger partial charge on any atom is -0.385 e. The van der Waals surface area contributed by atoms with Crippen molar-refractivity contribution in [3.8, 4) is 5.75 Å². The van der Waals surface area contributed by atoms with Crippen LogP contribution in [0.3, 0.4) is 0 Å². The molecular weight excluding hydrogens is 335 g/mol. The number of hydrogen-bond acceptors (Lipinski definition) is 6. The lowest BCUT2D eigenvalue weighted by molar-refractivity contribution is 0.307. The van der Waals surface area contributed by atoms with E-state index in [1.165, 1.54) is 0 Å². The smallest absolute Gasteiger partial charge is 0.186 e. The van der Waals surface area contributed by atoms with Crippen molar-refractivity contribution < 1.29 is 9.23 Å². The van der Waals surface area contributed by atoms with E-state index in [0.29, 0.717) is 11.4 Å². The van der Waals surface area contributed by atoms with E-state index >= 15 is 0 Å². The van der Waals surface area contributed by atoms with E-state index < -0.39 is 0 Å². The first-order valence-electron chi connectivity index (χ1n) is 8.73. The van der Waals surface area contributed by atoms with Crippen molar-refractivity contribution in [2.24, 2.45) is 11.3 Å². The molecule has 0 amide bonds. The average Bonchev–Trinajstić information content (AvgIpc) is 2.69. The van der Waals surface area contributed by atoms with Crippen molar-refractivity contribution in [3.05, 3.63) is 47.4 Å². The molecule has 0 spiro atoms. The Bertz CT molecular complexity index is 731. The van der Waals surface area contributed by atoms with Crippen LogP contribution in [0.1, 0.15) is 12.8 Å². The number of anilines is 4. The van der Waals surface area contributed by atoms with Crippen molar-refractivity contribution >= 4 is 22.7 Å². The van der Waals surface area contributed by atoms with Gasteiger partial charge in [-0.2, -0.15) is 0 Å². The third-order valence-corrected chi connectivity index (χ3v) is 4.74. The highest BCUT2D eigenvalue weighted by Gasteiger charge is 2.19. The Labute approximate surface area is 152 Å². The number of benzene rings is 2. The van der Waals surface area contributed by atoms with E-state index in [9.17, 15) is 9.30 Å². The zero-order chi connectivity index (χ0) is 18.4. The Morgan fingerprint density at radius 2 is 1.85 bits per heavy atom. The molecule has 1 heterocycles. The Kier molecular flexibility index (Phi) is 5.88. The molecule has 0 bridgehead atoms. The van der Waals surface area contributed by atoms with Crippen LogP contribution in [0.15, 0.2) is 47.8 Å². The quantitative estimate of drug-likeness (QED) is 0.554. The summed E-state index contributed by atoms with van der Waals surface area (Å²) < 4.78 is 12.7. The number of alkyl halides is 1. The molecule has 2 N–H and O–H groups in total. The molecule has 0 atom stereocenters. The van der Waals surface area contributed by atoms with Crippen LogP contribution in [-0.2, 0) is 0 Å². The molecule has 1 fully saturated rings. The van der Waals surface area contributed by atoms with Crippen LogP contribution in [0.2, 0.25) is 0 Å². The molecule has 138 valence electrons. The summed E-state index contributed by atoms with van der Waals surface area (Å²) in [5.41, 5.74) is 3.54. The summed E-state index contributed by atoms with van der Waals surface area (Å²) in [6.07, 6.45) is 1.81. The van der Waals surface area contributed by atoms with Crippen LogP contribution >= 0.6 is 0 Å². The number of nitrogens with zero attached hydrogens (tertiary/aromatic N) is 2. The van der Waals surface area contributed by atoms with E-state index in [0.717, 1.165) is 43.0 Å². The predicted molar refractivity (Wildman–Crippen MR) is 103 cm³/mol.